The Hall–Kier alpha value is -1.82. The first-order valence-corrected chi connectivity index (χ1v) is 9.98. The highest BCUT2D eigenvalue weighted by molar-refractivity contribution is 7.92. The summed E-state index contributed by atoms with van der Waals surface area (Å²) in [5.41, 5.74) is 0.626. The van der Waals surface area contributed by atoms with Gasteiger partial charge in [-0.15, -0.1) is 0 Å². The summed E-state index contributed by atoms with van der Waals surface area (Å²) in [5, 5.41) is 0. The summed E-state index contributed by atoms with van der Waals surface area (Å²) in [4.78, 5) is 14.1. The van der Waals surface area contributed by atoms with Gasteiger partial charge in [0.05, 0.1) is 17.5 Å². The van der Waals surface area contributed by atoms with Crippen LogP contribution in [0.3, 0.4) is 0 Å². The number of nitrogens with zero attached hydrogens (tertiary/aromatic N) is 2. The minimum Gasteiger partial charge on any atom is -0.383 e. The molecule has 1 saturated carbocycles. The van der Waals surface area contributed by atoms with Crippen LogP contribution in [0.25, 0.3) is 0 Å². The monoisotopic (exact) mass is 350 g/mol. The summed E-state index contributed by atoms with van der Waals surface area (Å²) in [7, 11) is 0.247. The largest absolute Gasteiger partial charge is 0.383 e. The van der Waals surface area contributed by atoms with Gasteiger partial charge >= 0.3 is 0 Å². The molecule has 5 nitrogen and oxygen atoms in total. The molecule has 0 bridgehead atoms. The molecule has 0 aliphatic heterocycles. The number of hydrogen-bond acceptors (Lipinski definition) is 4. The van der Waals surface area contributed by atoms with Gasteiger partial charge in [-0.2, -0.15) is 0 Å². The lowest BCUT2D eigenvalue weighted by Crippen LogP contribution is -2.47. The highest BCUT2D eigenvalue weighted by Gasteiger charge is 2.40. The van der Waals surface area contributed by atoms with Crippen molar-refractivity contribution in [2.45, 2.75) is 38.1 Å². The lowest BCUT2D eigenvalue weighted by molar-refractivity contribution is 0.104. The first kappa shape index (κ1) is 18.5. The van der Waals surface area contributed by atoms with E-state index < -0.39 is 15.6 Å². The van der Waals surface area contributed by atoms with E-state index in [-0.39, 0.29) is 5.78 Å². The van der Waals surface area contributed by atoms with Gasteiger partial charge in [-0.1, -0.05) is 25.0 Å². The van der Waals surface area contributed by atoms with Gasteiger partial charge in [0.15, 0.2) is 5.78 Å². The van der Waals surface area contributed by atoms with Crippen molar-refractivity contribution in [3.05, 3.63) is 42.1 Å². The molecule has 1 aromatic rings. The molecule has 0 radical (unpaired) electrons. The molecule has 1 fully saturated rings. The predicted octanol–water partition coefficient (Wildman–Crippen LogP) is 3.04. The van der Waals surface area contributed by atoms with Crippen LogP contribution in [0, 0.1) is 0 Å². The first-order chi connectivity index (χ1) is 11.1. The highest BCUT2D eigenvalue weighted by Crippen LogP contribution is 2.39. The number of rotatable bonds is 6. The van der Waals surface area contributed by atoms with E-state index in [1.807, 2.05) is 21.0 Å². The molecule has 0 unspecified atom stereocenters. The van der Waals surface area contributed by atoms with Crippen molar-refractivity contribution in [2.75, 3.05) is 24.7 Å². The lowest BCUT2D eigenvalue weighted by Gasteiger charge is -2.38. The molecule has 0 N–H and O–H groups in total. The molecular weight excluding hydrogens is 324 g/mol. The van der Waals surface area contributed by atoms with Crippen molar-refractivity contribution in [1.29, 1.82) is 0 Å². The minimum absolute atomic E-state index is 0.143. The van der Waals surface area contributed by atoms with Crippen molar-refractivity contribution in [2.24, 2.45) is 0 Å². The van der Waals surface area contributed by atoms with Crippen molar-refractivity contribution in [3.63, 3.8) is 0 Å². The van der Waals surface area contributed by atoms with Crippen LogP contribution in [0.1, 0.15) is 43.0 Å². The van der Waals surface area contributed by atoms with Crippen LogP contribution in [0.2, 0.25) is 0 Å². The molecule has 0 amide bonds. The number of ketones is 1. The molecule has 132 valence electrons. The Kier molecular flexibility index (Phi) is 5.38. The second-order valence-corrected chi connectivity index (χ2v) is 8.76. The standard InChI is InChI=1S/C18H26N2O3S/c1-18(11-5-6-12-18)20(24(4,22)23)16-9-7-8-15(14-16)17(21)10-13-19(2)3/h7-10,13-14H,5-6,11-12H2,1-4H3/b13-10+. The number of sulfonamides is 1. The maximum absolute atomic E-state index is 12.4. The topological polar surface area (TPSA) is 57.7 Å². The van der Waals surface area contributed by atoms with Crippen molar-refractivity contribution in [1.82, 2.24) is 4.90 Å². The van der Waals surface area contributed by atoms with E-state index >= 15 is 0 Å². The zero-order chi connectivity index (χ0) is 18.0. The van der Waals surface area contributed by atoms with Gasteiger partial charge in [-0.25, -0.2) is 8.42 Å². The van der Waals surface area contributed by atoms with Crippen LogP contribution in [0.15, 0.2) is 36.5 Å². The van der Waals surface area contributed by atoms with Gasteiger partial charge in [-0.05, 0) is 31.9 Å². The van der Waals surface area contributed by atoms with Gasteiger partial charge in [0, 0.05) is 31.9 Å². The van der Waals surface area contributed by atoms with E-state index in [9.17, 15) is 13.2 Å². The third kappa shape index (κ3) is 4.17. The molecule has 24 heavy (non-hydrogen) atoms. The first-order valence-electron chi connectivity index (χ1n) is 8.13. The third-order valence-electron chi connectivity index (χ3n) is 4.39. The number of carbonyl (C=O) groups is 1. The van der Waals surface area contributed by atoms with Gasteiger partial charge in [0.25, 0.3) is 0 Å². The van der Waals surface area contributed by atoms with E-state index in [1.54, 1.807) is 35.4 Å². The molecular formula is C18H26N2O3S. The molecule has 6 heteroatoms. The normalized spacial score (nSPS) is 17.2. The summed E-state index contributed by atoms with van der Waals surface area (Å²) in [6.45, 7) is 1.99. The van der Waals surface area contributed by atoms with Gasteiger partial charge < -0.3 is 4.90 Å². The van der Waals surface area contributed by atoms with Crippen LogP contribution in [0.4, 0.5) is 5.69 Å². The number of benzene rings is 1. The van der Waals surface area contributed by atoms with E-state index in [0.29, 0.717) is 11.3 Å². The Morgan fingerprint density at radius 1 is 1.21 bits per heavy atom. The molecule has 1 aromatic carbocycles. The Balaban J connectivity index is 2.42. The Morgan fingerprint density at radius 2 is 1.83 bits per heavy atom. The quantitative estimate of drug-likeness (QED) is 0.584. The van der Waals surface area contributed by atoms with E-state index in [2.05, 4.69) is 0 Å². The van der Waals surface area contributed by atoms with Crippen molar-refractivity contribution >= 4 is 21.5 Å². The summed E-state index contributed by atoms with van der Waals surface area (Å²) in [5.74, 6) is -0.143. The maximum Gasteiger partial charge on any atom is 0.232 e. The van der Waals surface area contributed by atoms with Gasteiger partial charge in [0.1, 0.15) is 0 Å². The Labute approximate surface area is 145 Å². The van der Waals surface area contributed by atoms with Crippen LogP contribution in [-0.4, -0.2) is 45.0 Å². The van der Waals surface area contributed by atoms with Crippen LogP contribution < -0.4 is 4.31 Å². The van der Waals surface area contributed by atoms with E-state index in [4.69, 9.17) is 0 Å². The average molecular weight is 350 g/mol. The SMILES string of the molecule is CN(C)/C=C/C(=O)c1cccc(N(C2(C)CCCC2)S(C)(=O)=O)c1. The molecule has 0 spiro atoms. The van der Waals surface area contributed by atoms with Crippen LogP contribution >= 0.6 is 0 Å². The number of anilines is 1. The minimum atomic E-state index is -3.43. The number of carbonyl (C=O) groups excluding carboxylic acids is 1. The summed E-state index contributed by atoms with van der Waals surface area (Å²) < 4.78 is 26.4. The van der Waals surface area contributed by atoms with Crippen molar-refractivity contribution < 1.29 is 13.2 Å². The summed E-state index contributed by atoms with van der Waals surface area (Å²) in [6.07, 6.45) is 8.11. The van der Waals surface area contributed by atoms with Crippen molar-refractivity contribution in [3.8, 4) is 0 Å². The third-order valence-corrected chi connectivity index (χ3v) is 5.71. The zero-order valence-corrected chi connectivity index (χ0v) is 15.6. The molecule has 0 heterocycles. The molecule has 0 atom stereocenters. The molecule has 1 aliphatic rings. The average Bonchev–Trinajstić information content (AvgIpc) is 2.90. The Morgan fingerprint density at radius 3 is 2.38 bits per heavy atom. The zero-order valence-electron chi connectivity index (χ0n) is 14.8. The van der Waals surface area contributed by atoms with E-state index in [1.165, 1.54) is 16.6 Å². The molecule has 0 aromatic heterocycles. The Bertz CT molecular complexity index is 732. The molecule has 1 aliphatic carbocycles. The molecule has 2 rings (SSSR count). The fraction of sp³-hybridized carbons (Fsp3) is 0.500. The molecule has 0 saturated heterocycles. The maximum atomic E-state index is 12.4. The fourth-order valence-corrected chi connectivity index (χ4v) is 4.82. The fourth-order valence-electron chi connectivity index (χ4n) is 3.34. The number of allylic oxidation sites excluding steroid dienone is 1. The van der Waals surface area contributed by atoms with Crippen LogP contribution in [0.5, 0.6) is 0 Å². The lowest BCUT2D eigenvalue weighted by atomic mass is 9.99. The van der Waals surface area contributed by atoms with Gasteiger partial charge in [-0.3, -0.25) is 9.10 Å². The second-order valence-electron chi connectivity index (χ2n) is 6.93. The highest BCUT2D eigenvalue weighted by atomic mass is 32.2. The number of hydrogen-bond donors (Lipinski definition) is 0. The summed E-state index contributed by atoms with van der Waals surface area (Å²) in [6, 6.07) is 6.88. The van der Waals surface area contributed by atoms with Crippen LogP contribution in [-0.2, 0) is 10.0 Å². The second kappa shape index (κ2) is 6.97. The van der Waals surface area contributed by atoms with Gasteiger partial charge in [0.2, 0.25) is 10.0 Å². The predicted molar refractivity (Wildman–Crippen MR) is 97.8 cm³/mol. The smallest absolute Gasteiger partial charge is 0.232 e. The van der Waals surface area contributed by atoms with E-state index in [0.717, 1.165) is 25.7 Å². The summed E-state index contributed by atoms with van der Waals surface area (Å²) >= 11 is 0.